The lowest BCUT2D eigenvalue weighted by atomic mass is 10.1. The van der Waals surface area contributed by atoms with Crippen molar-refractivity contribution < 1.29 is 24.2 Å². The zero-order valence-corrected chi connectivity index (χ0v) is 53.1. The smallest absolute Gasteiger partial charge is 0.306 e. The SMILES string of the molecule is CC/C=C\C/C=C\C/C=C\C/C=C\C/C=C\C/C=C\C/C=C\C/C=C\C/C=C\C/C=C\C/C=C\CCCCCC(=O)OC(CO)COC(=O)CCCCCCCCCC/C=C\C/C=C\C/C=C\C/C=C\C/C=C\C/C=C\C/C=C\C/C=C\CC. The fraction of sp³-hybridized carbons (Fsp3) is 0.494. The van der Waals surface area contributed by atoms with Gasteiger partial charge in [0.05, 0.1) is 6.61 Å². The van der Waals surface area contributed by atoms with Crippen LogP contribution in [-0.4, -0.2) is 36.4 Å². The van der Waals surface area contributed by atoms with Crippen molar-refractivity contribution in [1.82, 2.24) is 0 Å². The summed E-state index contributed by atoms with van der Waals surface area (Å²) in [5.74, 6) is -0.658. The molecule has 0 saturated carbocycles. The number of hydrogen-bond acceptors (Lipinski definition) is 5. The fourth-order valence-corrected chi connectivity index (χ4v) is 8.10. The Labute approximate surface area is 515 Å². The zero-order chi connectivity index (χ0) is 60.5. The average molecular weight is 1150 g/mol. The van der Waals surface area contributed by atoms with Crippen LogP contribution in [0.5, 0.6) is 0 Å². The van der Waals surface area contributed by atoms with E-state index in [2.05, 4.69) is 245 Å². The molecule has 0 aliphatic carbocycles. The van der Waals surface area contributed by atoms with Crippen LogP contribution in [0.3, 0.4) is 0 Å². The third-order valence-corrected chi connectivity index (χ3v) is 13.0. The molecule has 1 N–H and O–H groups in total. The Morgan fingerprint density at radius 3 is 0.726 bits per heavy atom. The summed E-state index contributed by atoms with van der Waals surface area (Å²) in [5.41, 5.74) is 0. The number of hydrogen-bond donors (Lipinski definition) is 1. The number of rotatable bonds is 57. The second kappa shape index (κ2) is 71.2. The van der Waals surface area contributed by atoms with Crippen molar-refractivity contribution in [2.45, 2.75) is 238 Å². The molecule has 0 aliphatic heterocycles. The number of carbonyl (C=O) groups is 2. The molecule has 5 nitrogen and oxygen atoms in total. The molecule has 0 radical (unpaired) electrons. The van der Waals surface area contributed by atoms with Gasteiger partial charge in [0.15, 0.2) is 6.10 Å². The Hall–Kier alpha value is -6.04. The third kappa shape index (κ3) is 68.5. The van der Waals surface area contributed by atoms with Crippen LogP contribution in [0.25, 0.3) is 0 Å². The molecule has 0 aliphatic rings. The van der Waals surface area contributed by atoms with Crippen LogP contribution < -0.4 is 0 Å². The third-order valence-electron chi connectivity index (χ3n) is 13.0. The lowest BCUT2D eigenvalue weighted by molar-refractivity contribution is -0.161. The van der Waals surface area contributed by atoms with Gasteiger partial charge in [-0.15, -0.1) is 0 Å². The summed E-state index contributed by atoms with van der Waals surface area (Å²) in [4.78, 5) is 24.6. The monoisotopic (exact) mass is 1150 g/mol. The van der Waals surface area contributed by atoms with E-state index < -0.39 is 6.10 Å². The van der Waals surface area contributed by atoms with Crippen LogP contribution in [0.4, 0.5) is 0 Å². The normalized spacial score (nSPS) is 13.8. The molecule has 0 heterocycles. The Bertz CT molecular complexity index is 2080. The van der Waals surface area contributed by atoms with Gasteiger partial charge in [-0.05, 0) is 161 Å². The van der Waals surface area contributed by atoms with E-state index in [0.29, 0.717) is 12.8 Å². The van der Waals surface area contributed by atoms with Crippen LogP contribution in [0.1, 0.15) is 232 Å². The highest BCUT2D eigenvalue weighted by atomic mass is 16.6. The molecular formula is C79H118O5. The molecule has 0 fully saturated rings. The predicted molar refractivity (Wildman–Crippen MR) is 370 cm³/mol. The molecular weight excluding hydrogens is 1030 g/mol. The highest BCUT2D eigenvalue weighted by molar-refractivity contribution is 5.70. The maximum atomic E-state index is 12.3. The number of allylic oxidation sites excluding steroid dienone is 38. The first-order chi connectivity index (χ1) is 41.6. The molecule has 0 amide bonds. The van der Waals surface area contributed by atoms with Crippen LogP contribution in [0, 0.1) is 0 Å². The molecule has 0 aromatic rings. The van der Waals surface area contributed by atoms with E-state index in [4.69, 9.17) is 9.47 Å². The van der Waals surface area contributed by atoms with Gasteiger partial charge in [0.1, 0.15) is 6.61 Å². The van der Waals surface area contributed by atoms with Crippen LogP contribution in [0.15, 0.2) is 231 Å². The zero-order valence-electron chi connectivity index (χ0n) is 53.1. The van der Waals surface area contributed by atoms with Crippen molar-refractivity contribution in [2.75, 3.05) is 13.2 Å². The lowest BCUT2D eigenvalue weighted by Crippen LogP contribution is -2.28. The summed E-state index contributed by atoms with van der Waals surface area (Å²) in [6.07, 6.45) is 117. The van der Waals surface area contributed by atoms with E-state index in [0.717, 1.165) is 173 Å². The maximum absolute atomic E-state index is 12.3. The molecule has 0 aromatic heterocycles. The number of unbranched alkanes of at least 4 members (excludes halogenated alkanes) is 11. The van der Waals surface area contributed by atoms with E-state index in [1.165, 1.54) is 32.1 Å². The van der Waals surface area contributed by atoms with Crippen molar-refractivity contribution >= 4 is 11.9 Å². The molecule has 0 spiro atoms. The summed E-state index contributed by atoms with van der Waals surface area (Å²) in [7, 11) is 0. The van der Waals surface area contributed by atoms with Crippen molar-refractivity contribution in [3.8, 4) is 0 Å². The fourth-order valence-electron chi connectivity index (χ4n) is 8.10. The summed E-state index contributed by atoms with van der Waals surface area (Å²) in [6.45, 7) is 3.86. The van der Waals surface area contributed by atoms with Crippen LogP contribution >= 0.6 is 0 Å². The highest BCUT2D eigenvalue weighted by Gasteiger charge is 2.16. The topological polar surface area (TPSA) is 72.8 Å². The van der Waals surface area contributed by atoms with Gasteiger partial charge in [-0.25, -0.2) is 0 Å². The summed E-state index contributed by atoms with van der Waals surface area (Å²) in [6, 6.07) is 0. The molecule has 5 heteroatoms. The van der Waals surface area contributed by atoms with E-state index >= 15 is 0 Å². The molecule has 1 unspecified atom stereocenters. The second-order valence-corrected chi connectivity index (χ2v) is 20.7. The minimum atomic E-state index is -0.814. The average Bonchev–Trinajstić information content (AvgIpc) is 3.51. The number of esters is 2. The van der Waals surface area contributed by atoms with E-state index in [9.17, 15) is 14.7 Å². The predicted octanol–water partition coefficient (Wildman–Crippen LogP) is 23.3. The van der Waals surface area contributed by atoms with Gasteiger partial charge in [-0.1, -0.05) is 290 Å². The Kier molecular flexibility index (Phi) is 66.1. The molecule has 84 heavy (non-hydrogen) atoms. The Morgan fingerprint density at radius 2 is 0.476 bits per heavy atom. The number of ether oxygens (including phenoxy) is 2. The van der Waals surface area contributed by atoms with Crippen molar-refractivity contribution in [3.05, 3.63) is 231 Å². The largest absolute Gasteiger partial charge is 0.462 e. The van der Waals surface area contributed by atoms with E-state index in [-0.39, 0.29) is 25.2 Å². The Morgan fingerprint density at radius 1 is 0.274 bits per heavy atom. The van der Waals surface area contributed by atoms with Gasteiger partial charge in [0.2, 0.25) is 0 Å². The van der Waals surface area contributed by atoms with Gasteiger partial charge in [0, 0.05) is 12.8 Å². The number of aliphatic hydroxyl groups excluding tert-OH is 1. The van der Waals surface area contributed by atoms with Crippen molar-refractivity contribution in [1.29, 1.82) is 0 Å². The van der Waals surface area contributed by atoms with Crippen molar-refractivity contribution in [3.63, 3.8) is 0 Å². The minimum Gasteiger partial charge on any atom is -0.462 e. The van der Waals surface area contributed by atoms with Gasteiger partial charge in [0.25, 0.3) is 0 Å². The minimum absolute atomic E-state index is 0.101. The molecule has 0 rings (SSSR count). The Balaban J connectivity index is 3.70. The van der Waals surface area contributed by atoms with Gasteiger partial charge < -0.3 is 14.6 Å². The molecule has 1 atom stereocenters. The summed E-state index contributed by atoms with van der Waals surface area (Å²) >= 11 is 0. The molecule has 464 valence electrons. The second-order valence-electron chi connectivity index (χ2n) is 20.7. The van der Waals surface area contributed by atoms with Crippen LogP contribution in [0.2, 0.25) is 0 Å². The van der Waals surface area contributed by atoms with Gasteiger partial charge in [-0.2, -0.15) is 0 Å². The van der Waals surface area contributed by atoms with Gasteiger partial charge >= 0.3 is 11.9 Å². The molecule has 0 bridgehead atoms. The van der Waals surface area contributed by atoms with E-state index in [1.54, 1.807) is 0 Å². The maximum Gasteiger partial charge on any atom is 0.306 e. The number of aliphatic hydroxyl groups is 1. The number of carbonyl (C=O) groups excluding carboxylic acids is 2. The first kappa shape index (κ1) is 78.0. The highest BCUT2D eigenvalue weighted by Crippen LogP contribution is 2.13. The van der Waals surface area contributed by atoms with E-state index in [1.807, 2.05) is 0 Å². The van der Waals surface area contributed by atoms with Crippen molar-refractivity contribution in [2.24, 2.45) is 0 Å². The quantitative estimate of drug-likeness (QED) is 0.0373. The molecule has 0 aromatic carbocycles. The lowest BCUT2D eigenvalue weighted by Gasteiger charge is -2.15. The summed E-state index contributed by atoms with van der Waals surface area (Å²) in [5, 5.41) is 9.69. The standard InChI is InChI=1S/C79H118O5/c1-3-5-7-9-11-13-15-17-19-21-23-25-27-29-31-33-35-37-38-39-40-42-44-46-48-50-52-54-56-58-60-62-64-66-68-70-72-74-79(82)84-77(75-80)76-83-78(81)73-71-69-67-65-63-61-59-57-55-53-51-49-47-45-43-41-36-34-32-30-28-26-24-22-20-18-16-14-12-10-8-6-4-2/h5-8,11-14,17-20,23-26,29-32,35-37,39-41,44-47,50-53,56,58,62,64,77,80H,3-4,9-10,15-16,21-22,27-28,33-34,38,42-43,48-49,54-55,57,59-61,63,65-76H2,1-2H3/b7-5-,8-6-,13-11-,14-12-,19-17-,20-18-,25-23-,26-24-,31-29-,32-30-,37-35-,40-39-,41-36-,46-44-,47-45-,52-50-,53-51-,58-56-,64-62-. The van der Waals surface area contributed by atoms with Gasteiger partial charge in [-0.3, -0.25) is 9.59 Å². The molecule has 0 saturated heterocycles. The first-order valence-electron chi connectivity index (χ1n) is 32.9. The first-order valence-corrected chi connectivity index (χ1v) is 32.9. The summed E-state index contributed by atoms with van der Waals surface area (Å²) < 4.78 is 10.7. The van der Waals surface area contributed by atoms with Crippen LogP contribution in [-0.2, 0) is 19.1 Å².